The molecule has 0 fully saturated rings. The maximum Gasteiger partial charge on any atom is 0.0713 e. The molecule has 1 heteroatoms. The van der Waals surface area contributed by atoms with Crippen molar-refractivity contribution < 1.29 is 0 Å². The van der Waals surface area contributed by atoms with Crippen molar-refractivity contribution in [1.82, 2.24) is 4.57 Å². The van der Waals surface area contributed by atoms with Gasteiger partial charge in [0.1, 0.15) is 0 Å². The molecule has 10 aromatic carbocycles. The normalized spacial score (nSPS) is 13.5. The molecule has 294 valence electrons. The van der Waals surface area contributed by atoms with Crippen LogP contribution in [0.15, 0.2) is 243 Å². The Bertz CT molecular complexity index is 3390. The SMILES string of the molecule is c1ccc2c(c1)-c1ccccc1C2c1ccc(-c2ccc(C3(c4ccc(-c5ccc(-n6c7ccccc7c7ccccc76)cc5)cc4)c4ccccc4-c4ccccc43)cc2)cc1. The number of benzene rings is 10. The van der Waals surface area contributed by atoms with Crippen molar-refractivity contribution in [1.29, 1.82) is 0 Å². The minimum atomic E-state index is -0.474. The third-order valence-corrected chi connectivity index (χ3v) is 14.0. The summed E-state index contributed by atoms with van der Waals surface area (Å²) < 4.78 is 2.38. The van der Waals surface area contributed by atoms with Crippen LogP contribution in [0.4, 0.5) is 0 Å². The Hall–Kier alpha value is -8.00. The van der Waals surface area contributed by atoms with Gasteiger partial charge in [-0.15, -0.1) is 0 Å². The lowest BCUT2D eigenvalue weighted by molar-refractivity contribution is 0.769. The summed E-state index contributed by atoms with van der Waals surface area (Å²) >= 11 is 0. The summed E-state index contributed by atoms with van der Waals surface area (Å²) in [6, 6.07) is 90.2. The predicted molar refractivity (Wildman–Crippen MR) is 262 cm³/mol. The minimum absolute atomic E-state index is 0.244. The minimum Gasteiger partial charge on any atom is -0.309 e. The number of nitrogens with zero attached hydrogens (tertiary/aromatic N) is 1. The second kappa shape index (κ2) is 14.0. The molecule has 2 aliphatic carbocycles. The van der Waals surface area contributed by atoms with Gasteiger partial charge >= 0.3 is 0 Å². The van der Waals surface area contributed by atoms with E-state index in [0.717, 1.165) is 5.69 Å². The highest BCUT2D eigenvalue weighted by Gasteiger charge is 2.45. The first-order chi connectivity index (χ1) is 31.3. The van der Waals surface area contributed by atoms with Crippen LogP contribution in [0.1, 0.15) is 44.9 Å². The maximum absolute atomic E-state index is 2.38. The van der Waals surface area contributed by atoms with E-state index in [-0.39, 0.29) is 5.92 Å². The zero-order valence-electron chi connectivity index (χ0n) is 34.6. The molecule has 0 amide bonds. The first-order valence-electron chi connectivity index (χ1n) is 22.0. The number of para-hydroxylation sites is 2. The molecule has 0 bridgehead atoms. The van der Waals surface area contributed by atoms with Crippen molar-refractivity contribution in [3.63, 3.8) is 0 Å². The first kappa shape index (κ1) is 35.7. The summed E-state index contributed by atoms with van der Waals surface area (Å²) in [4.78, 5) is 0. The third-order valence-electron chi connectivity index (χ3n) is 14.0. The lowest BCUT2D eigenvalue weighted by atomic mass is 9.67. The highest BCUT2D eigenvalue weighted by molar-refractivity contribution is 6.09. The Morgan fingerprint density at radius 2 is 0.667 bits per heavy atom. The predicted octanol–water partition coefficient (Wildman–Crippen LogP) is 15.6. The van der Waals surface area contributed by atoms with Gasteiger partial charge in [-0.2, -0.15) is 0 Å². The lowest BCUT2D eigenvalue weighted by Crippen LogP contribution is -2.28. The maximum atomic E-state index is 2.38. The summed E-state index contributed by atoms with van der Waals surface area (Å²) in [5, 5.41) is 2.55. The number of hydrogen-bond donors (Lipinski definition) is 0. The van der Waals surface area contributed by atoms with Crippen LogP contribution in [0.3, 0.4) is 0 Å². The number of aromatic nitrogens is 1. The topological polar surface area (TPSA) is 4.93 Å². The fourth-order valence-corrected chi connectivity index (χ4v) is 11.2. The number of rotatable bonds is 6. The van der Waals surface area contributed by atoms with Crippen LogP contribution in [0.2, 0.25) is 0 Å². The van der Waals surface area contributed by atoms with Crippen LogP contribution >= 0.6 is 0 Å². The van der Waals surface area contributed by atoms with Gasteiger partial charge in [-0.05, 0) is 108 Å². The van der Waals surface area contributed by atoms with Gasteiger partial charge in [0.05, 0.1) is 16.4 Å². The fourth-order valence-electron chi connectivity index (χ4n) is 11.2. The molecule has 0 atom stereocenters. The van der Waals surface area contributed by atoms with E-state index in [1.54, 1.807) is 0 Å². The molecule has 2 aliphatic rings. The van der Waals surface area contributed by atoms with Crippen molar-refractivity contribution in [2.75, 3.05) is 0 Å². The summed E-state index contributed by atoms with van der Waals surface area (Å²) in [7, 11) is 0. The molecule has 0 radical (unpaired) electrons. The van der Waals surface area contributed by atoms with Crippen molar-refractivity contribution in [3.05, 3.63) is 282 Å². The summed E-state index contributed by atoms with van der Waals surface area (Å²) in [6.07, 6.45) is 0. The number of hydrogen-bond acceptors (Lipinski definition) is 0. The van der Waals surface area contributed by atoms with Gasteiger partial charge in [-0.25, -0.2) is 0 Å². The largest absolute Gasteiger partial charge is 0.309 e. The van der Waals surface area contributed by atoms with E-state index in [1.165, 1.54) is 105 Å². The standard InChI is InChI=1S/C62H41N/c1-3-19-55-49(13-1)50-14-2-4-20-56(50)61(55)45-27-25-41(26-28-45)42-29-35-46(36-30-42)62(57-21-9-5-15-51(57)52-16-6-10-22-58(52)62)47-37-31-43(32-38-47)44-33-39-48(40-34-44)63-59-23-11-7-17-53(59)54-18-8-12-24-60(54)63/h1-40,61H. The van der Waals surface area contributed by atoms with Gasteiger partial charge in [-0.1, -0.05) is 218 Å². The molecular weight excluding hydrogens is 759 g/mol. The monoisotopic (exact) mass is 799 g/mol. The van der Waals surface area contributed by atoms with E-state index in [9.17, 15) is 0 Å². The van der Waals surface area contributed by atoms with Gasteiger partial charge in [0.25, 0.3) is 0 Å². The Morgan fingerprint density at radius 1 is 0.302 bits per heavy atom. The van der Waals surface area contributed by atoms with Crippen LogP contribution in [0.5, 0.6) is 0 Å². The second-order valence-electron chi connectivity index (χ2n) is 17.1. The molecule has 0 saturated heterocycles. The molecular formula is C62H41N. The van der Waals surface area contributed by atoms with Crippen LogP contribution in [0.25, 0.3) is 72.0 Å². The van der Waals surface area contributed by atoms with Gasteiger partial charge in [0.2, 0.25) is 0 Å². The van der Waals surface area contributed by atoms with Crippen LogP contribution < -0.4 is 0 Å². The lowest BCUT2D eigenvalue weighted by Gasteiger charge is -2.34. The van der Waals surface area contributed by atoms with Crippen molar-refractivity contribution in [3.8, 4) is 50.2 Å². The highest BCUT2D eigenvalue weighted by Crippen LogP contribution is 2.56. The number of fused-ring (bicyclic) bond motifs is 9. The quantitative estimate of drug-likeness (QED) is 0.158. The van der Waals surface area contributed by atoms with Gasteiger partial charge in [0.15, 0.2) is 0 Å². The first-order valence-corrected chi connectivity index (χ1v) is 22.0. The molecule has 11 aromatic rings. The van der Waals surface area contributed by atoms with Gasteiger partial charge in [-0.3, -0.25) is 0 Å². The Labute approximate surface area is 367 Å². The molecule has 0 unspecified atom stereocenters. The molecule has 1 heterocycles. The van der Waals surface area contributed by atoms with E-state index >= 15 is 0 Å². The van der Waals surface area contributed by atoms with E-state index in [2.05, 4.69) is 247 Å². The smallest absolute Gasteiger partial charge is 0.0713 e. The molecule has 63 heavy (non-hydrogen) atoms. The molecule has 0 saturated carbocycles. The van der Waals surface area contributed by atoms with E-state index in [1.807, 2.05) is 0 Å². The van der Waals surface area contributed by atoms with Crippen molar-refractivity contribution in [2.24, 2.45) is 0 Å². The molecule has 0 spiro atoms. The summed E-state index contributed by atoms with van der Waals surface area (Å²) in [5.41, 5.74) is 22.5. The molecule has 13 rings (SSSR count). The molecule has 0 N–H and O–H groups in total. The average Bonchev–Trinajstić information content (AvgIpc) is 3.99. The Balaban J connectivity index is 0.867. The fraction of sp³-hybridized carbons (Fsp3) is 0.0323. The molecule has 1 nitrogen and oxygen atoms in total. The van der Waals surface area contributed by atoms with Gasteiger partial charge in [0, 0.05) is 22.4 Å². The van der Waals surface area contributed by atoms with Crippen LogP contribution in [-0.4, -0.2) is 4.57 Å². The third kappa shape index (κ3) is 5.30. The second-order valence-corrected chi connectivity index (χ2v) is 17.1. The Kier molecular flexibility index (Phi) is 7.95. The van der Waals surface area contributed by atoms with E-state index in [0.29, 0.717) is 0 Å². The van der Waals surface area contributed by atoms with Crippen LogP contribution in [0, 0.1) is 0 Å². The summed E-state index contributed by atoms with van der Waals surface area (Å²) in [6.45, 7) is 0. The van der Waals surface area contributed by atoms with E-state index in [4.69, 9.17) is 0 Å². The van der Waals surface area contributed by atoms with Crippen molar-refractivity contribution in [2.45, 2.75) is 11.3 Å². The highest BCUT2D eigenvalue weighted by atomic mass is 15.0. The average molecular weight is 800 g/mol. The molecule has 0 aliphatic heterocycles. The zero-order chi connectivity index (χ0) is 41.5. The van der Waals surface area contributed by atoms with Gasteiger partial charge < -0.3 is 4.57 Å². The summed E-state index contributed by atoms with van der Waals surface area (Å²) in [5.74, 6) is 0.244. The molecule has 1 aromatic heterocycles. The van der Waals surface area contributed by atoms with E-state index < -0.39 is 5.41 Å². The van der Waals surface area contributed by atoms with Crippen LogP contribution in [-0.2, 0) is 5.41 Å². The zero-order valence-corrected chi connectivity index (χ0v) is 34.6. The Morgan fingerprint density at radius 3 is 1.14 bits per heavy atom. The van der Waals surface area contributed by atoms with Crippen molar-refractivity contribution >= 4 is 21.8 Å².